The van der Waals surface area contributed by atoms with Crippen molar-refractivity contribution in [2.24, 2.45) is 0 Å². The molecule has 4 heteroatoms. The summed E-state index contributed by atoms with van der Waals surface area (Å²) >= 11 is 6.06. The molecule has 3 rings (SSSR count). The van der Waals surface area contributed by atoms with Gasteiger partial charge in [-0.25, -0.2) is 9.37 Å². The summed E-state index contributed by atoms with van der Waals surface area (Å²) in [5, 5.41) is 1.06. The zero-order valence-electron chi connectivity index (χ0n) is 11.6. The number of para-hydroxylation sites is 1. The minimum Gasteiger partial charge on any atom is -0.329 e. The van der Waals surface area contributed by atoms with Crippen molar-refractivity contribution in [3.8, 4) is 0 Å². The second-order valence-corrected chi connectivity index (χ2v) is 5.10. The molecule has 0 aliphatic carbocycles. The summed E-state index contributed by atoms with van der Waals surface area (Å²) in [5.41, 5.74) is 2.73. The van der Waals surface area contributed by atoms with Crippen molar-refractivity contribution in [1.82, 2.24) is 4.98 Å². The molecule has 1 heterocycles. The SMILES string of the molecule is CN(c1ccc(F)cc1)c1nc2ccccc2cc1CCl. The predicted octanol–water partition coefficient (Wildman–Crippen LogP) is 4.88. The van der Waals surface area contributed by atoms with Gasteiger partial charge in [0, 0.05) is 23.7 Å². The van der Waals surface area contributed by atoms with Crippen LogP contribution in [0.4, 0.5) is 15.9 Å². The van der Waals surface area contributed by atoms with Gasteiger partial charge < -0.3 is 4.90 Å². The molecular weight excluding hydrogens is 287 g/mol. The highest BCUT2D eigenvalue weighted by molar-refractivity contribution is 6.17. The van der Waals surface area contributed by atoms with Crippen LogP contribution in [0.2, 0.25) is 0 Å². The average Bonchev–Trinajstić information content (AvgIpc) is 2.53. The summed E-state index contributed by atoms with van der Waals surface area (Å²) in [6, 6.07) is 16.3. The van der Waals surface area contributed by atoms with E-state index in [0.717, 1.165) is 28.0 Å². The number of aromatic nitrogens is 1. The summed E-state index contributed by atoms with van der Waals surface area (Å²) in [4.78, 5) is 6.61. The fourth-order valence-electron chi connectivity index (χ4n) is 2.33. The van der Waals surface area contributed by atoms with Gasteiger partial charge >= 0.3 is 0 Å². The van der Waals surface area contributed by atoms with Gasteiger partial charge in [0.1, 0.15) is 11.6 Å². The number of rotatable bonds is 3. The molecule has 1 aromatic heterocycles. The molecule has 0 aliphatic rings. The van der Waals surface area contributed by atoms with Crippen LogP contribution in [0, 0.1) is 5.82 Å². The molecule has 21 heavy (non-hydrogen) atoms. The van der Waals surface area contributed by atoms with E-state index in [1.807, 2.05) is 42.3 Å². The number of anilines is 2. The van der Waals surface area contributed by atoms with E-state index in [9.17, 15) is 4.39 Å². The third-order valence-corrected chi connectivity index (χ3v) is 3.74. The maximum Gasteiger partial charge on any atom is 0.137 e. The number of pyridine rings is 1. The van der Waals surface area contributed by atoms with E-state index >= 15 is 0 Å². The summed E-state index contributed by atoms with van der Waals surface area (Å²) in [7, 11) is 1.90. The lowest BCUT2D eigenvalue weighted by Crippen LogP contribution is -2.13. The van der Waals surface area contributed by atoms with Crippen LogP contribution in [0.1, 0.15) is 5.56 Å². The lowest BCUT2D eigenvalue weighted by molar-refractivity contribution is 0.628. The quantitative estimate of drug-likeness (QED) is 0.641. The Kier molecular flexibility index (Phi) is 3.76. The summed E-state index contributed by atoms with van der Waals surface area (Å²) < 4.78 is 13.1. The number of hydrogen-bond donors (Lipinski definition) is 0. The van der Waals surface area contributed by atoms with E-state index in [1.165, 1.54) is 12.1 Å². The molecule has 106 valence electrons. The van der Waals surface area contributed by atoms with Gasteiger partial charge in [-0.15, -0.1) is 11.6 Å². The standard InChI is InChI=1S/C17H14ClFN2/c1-21(15-8-6-14(19)7-9-15)17-13(11-18)10-12-4-2-3-5-16(12)20-17/h2-10H,11H2,1H3. The first-order chi connectivity index (χ1) is 10.2. The summed E-state index contributed by atoms with van der Waals surface area (Å²) in [6.45, 7) is 0. The minimum absolute atomic E-state index is 0.254. The van der Waals surface area contributed by atoms with Gasteiger partial charge in [0.2, 0.25) is 0 Å². The van der Waals surface area contributed by atoms with E-state index < -0.39 is 0 Å². The number of nitrogens with zero attached hydrogens (tertiary/aromatic N) is 2. The Morgan fingerprint density at radius 1 is 1.10 bits per heavy atom. The van der Waals surface area contributed by atoms with Gasteiger partial charge in [-0.2, -0.15) is 0 Å². The molecule has 0 atom stereocenters. The Balaban J connectivity index is 2.11. The van der Waals surface area contributed by atoms with Crippen molar-refractivity contribution in [3.05, 3.63) is 66.0 Å². The average molecular weight is 301 g/mol. The van der Waals surface area contributed by atoms with Crippen LogP contribution in [0.5, 0.6) is 0 Å². The molecule has 0 N–H and O–H groups in total. The fourth-order valence-corrected chi connectivity index (χ4v) is 2.52. The number of alkyl halides is 1. The maximum atomic E-state index is 13.1. The minimum atomic E-state index is -0.254. The zero-order chi connectivity index (χ0) is 14.8. The second kappa shape index (κ2) is 5.70. The molecule has 0 saturated heterocycles. The molecule has 0 unspecified atom stereocenters. The topological polar surface area (TPSA) is 16.1 Å². The maximum absolute atomic E-state index is 13.1. The molecule has 3 aromatic rings. The van der Waals surface area contributed by atoms with E-state index in [0.29, 0.717) is 5.88 Å². The van der Waals surface area contributed by atoms with Crippen molar-refractivity contribution >= 4 is 34.0 Å². The molecular formula is C17H14ClFN2. The predicted molar refractivity (Wildman–Crippen MR) is 85.8 cm³/mol. The van der Waals surface area contributed by atoms with Gasteiger partial charge in [-0.05, 0) is 36.4 Å². The van der Waals surface area contributed by atoms with Crippen LogP contribution in [-0.2, 0) is 5.88 Å². The first-order valence-electron chi connectivity index (χ1n) is 6.63. The van der Waals surface area contributed by atoms with Crippen LogP contribution in [-0.4, -0.2) is 12.0 Å². The number of fused-ring (bicyclic) bond motifs is 1. The van der Waals surface area contributed by atoms with Gasteiger partial charge in [-0.3, -0.25) is 0 Å². The Hall–Kier alpha value is -2.13. The molecule has 0 radical (unpaired) electrons. The Morgan fingerprint density at radius 3 is 2.52 bits per heavy atom. The zero-order valence-corrected chi connectivity index (χ0v) is 12.3. The second-order valence-electron chi connectivity index (χ2n) is 4.83. The highest BCUT2D eigenvalue weighted by Crippen LogP contribution is 2.29. The van der Waals surface area contributed by atoms with Crippen LogP contribution in [0.15, 0.2) is 54.6 Å². The van der Waals surface area contributed by atoms with Crippen molar-refractivity contribution in [2.75, 3.05) is 11.9 Å². The molecule has 0 saturated carbocycles. The van der Waals surface area contributed by atoms with Gasteiger partial charge in [0.15, 0.2) is 0 Å². The third-order valence-electron chi connectivity index (χ3n) is 3.46. The van der Waals surface area contributed by atoms with Crippen molar-refractivity contribution < 1.29 is 4.39 Å². The number of halogens is 2. The van der Waals surface area contributed by atoms with E-state index in [1.54, 1.807) is 12.1 Å². The smallest absolute Gasteiger partial charge is 0.137 e. The molecule has 0 spiro atoms. The molecule has 0 aliphatic heterocycles. The molecule has 0 amide bonds. The van der Waals surface area contributed by atoms with Crippen molar-refractivity contribution in [3.63, 3.8) is 0 Å². The van der Waals surface area contributed by atoms with E-state index in [4.69, 9.17) is 16.6 Å². The monoisotopic (exact) mass is 300 g/mol. The van der Waals surface area contributed by atoms with Crippen LogP contribution >= 0.6 is 11.6 Å². The van der Waals surface area contributed by atoms with Crippen LogP contribution < -0.4 is 4.90 Å². The van der Waals surface area contributed by atoms with Crippen LogP contribution in [0.3, 0.4) is 0 Å². The van der Waals surface area contributed by atoms with E-state index in [-0.39, 0.29) is 5.82 Å². The number of benzene rings is 2. The van der Waals surface area contributed by atoms with Gasteiger partial charge in [-0.1, -0.05) is 18.2 Å². The Bertz CT molecular complexity index is 771. The van der Waals surface area contributed by atoms with E-state index in [2.05, 4.69) is 0 Å². The van der Waals surface area contributed by atoms with Gasteiger partial charge in [0.25, 0.3) is 0 Å². The highest BCUT2D eigenvalue weighted by Gasteiger charge is 2.12. The normalized spacial score (nSPS) is 10.8. The summed E-state index contributed by atoms with van der Waals surface area (Å²) in [6.07, 6.45) is 0. The third kappa shape index (κ3) is 2.69. The van der Waals surface area contributed by atoms with Crippen molar-refractivity contribution in [1.29, 1.82) is 0 Å². The Morgan fingerprint density at radius 2 is 1.81 bits per heavy atom. The molecule has 2 aromatic carbocycles. The largest absolute Gasteiger partial charge is 0.329 e. The Labute approximate surface area is 127 Å². The lowest BCUT2D eigenvalue weighted by atomic mass is 10.1. The first kappa shape index (κ1) is 13.8. The van der Waals surface area contributed by atoms with Gasteiger partial charge in [0.05, 0.1) is 11.4 Å². The highest BCUT2D eigenvalue weighted by atomic mass is 35.5. The fraction of sp³-hybridized carbons (Fsp3) is 0.118. The lowest BCUT2D eigenvalue weighted by Gasteiger charge is -2.21. The van der Waals surface area contributed by atoms with Crippen molar-refractivity contribution in [2.45, 2.75) is 5.88 Å². The molecule has 0 fully saturated rings. The number of hydrogen-bond acceptors (Lipinski definition) is 2. The molecule has 0 bridgehead atoms. The first-order valence-corrected chi connectivity index (χ1v) is 7.16. The van der Waals surface area contributed by atoms with Crippen LogP contribution in [0.25, 0.3) is 10.9 Å². The molecule has 2 nitrogen and oxygen atoms in total. The summed E-state index contributed by atoms with van der Waals surface area (Å²) in [5.74, 6) is 0.908.